The van der Waals surface area contributed by atoms with Crippen molar-refractivity contribution in [2.45, 2.75) is 13.0 Å². The van der Waals surface area contributed by atoms with Gasteiger partial charge in [-0.15, -0.1) is 0 Å². The minimum atomic E-state index is -0.605. The number of nitrogens with one attached hydrogen (secondary N) is 1. The molecule has 2 N–H and O–H groups in total. The lowest BCUT2D eigenvalue weighted by Gasteiger charge is -2.13. The van der Waals surface area contributed by atoms with Crippen LogP contribution >= 0.6 is 11.6 Å². The molecule has 5 nitrogen and oxygen atoms in total. The zero-order valence-electron chi connectivity index (χ0n) is 11.5. The van der Waals surface area contributed by atoms with Gasteiger partial charge >= 0.3 is 0 Å². The summed E-state index contributed by atoms with van der Waals surface area (Å²) in [5.41, 5.74) is 1.82. The topological polar surface area (TPSA) is 59.3 Å². The van der Waals surface area contributed by atoms with Gasteiger partial charge in [0.2, 0.25) is 0 Å². The Hall–Kier alpha value is -1.72. The summed E-state index contributed by atoms with van der Waals surface area (Å²) in [5.74, 6) is 0.701. The average molecular weight is 296 g/mol. The highest BCUT2D eigenvalue weighted by Crippen LogP contribution is 2.21. The van der Waals surface area contributed by atoms with Crippen LogP contribution in [0.4, 0.5) is 5.69 Å². The van der Waals surface area contributed by atoms with Gasteiger partial charge in [0, 0.05) is 24.8 Å². The van der Waals surface area contributed by atoms with Gasteiger partial charge in [-0.3, -0.25) is 4.68 Å². The molecular weight excluding hydrogens is 278 g/mol. The van der Waals surface area contributed by atoms with E-state index in [4.69, 9.17) is 16.3 Å². The normalized spacial score (nSPS) is 12.2. The maximum absolute atomic E-state index is 9.86. The molecule has 0 spiro atoms. The molecule has 0 bridgehead atoms. The predicted octanol–water partition coefficient (Wildman–Crippen LogP) is 2.23. The number of aliphatic hydroxyl groups excluding tert-OH is 1. The van der Waals surface area contributed by atoms with E-state index in [1.807, 2.05) is 26.2 Å². The van der Waals surface area contributed by atoms with E-state index < -0.39 is 6.10 Å². The van der Waals surface area contributed by atoms with Gasteiger partial charge in [0.25, 0.3) is 0 Å². The Bertz CT molecular complexity index is 571. The maximum Gasteiger partial charge on any atom is 0.119 e. The fourth-order valence-electron chi connectivity index (χ4n) is 1.71. The van der Waals surface area contributed by atoms with Crippen LogP contribution in [0.2, 0.25) is 5.02 Å². The Balaban J connectivity index is 1.77. The van der Waals surface area contributed by atoms with Gasteiger partial charge in [-0.25, -0.2) is 0 Å². The van der Waals surface area contributed by atoms with E-state index in [0.29, 0.717) is 17.3 Å². The van der Waals surface area contributed by atoms with Crippen LogP contribution in [0.15, 0.2) is 30.6 Å². The van der Waals surface area contributed by atoms with Crippen LogP contribution in [0.1, 0.15) is 5.56 Å². The summed E-state index contributed by atoms with van der Waals surface area (Å²) in [6, 6.07) is 5.42. The Kier molecular flexibility index (Phi) is 4.87. The van der Waals surface area contributed by atoms with Crippen molar-refractivity contribution < 1.29 is 9.84 Å². The van der Waals surface area contributed by atoms with E-state index >= 15 is 0 Å². The molecule has 0 aliphatic heterocycles. The van der Waals surface area contributed by atoms with Crippen molar-refractivity contribution >= 4 is 17.3 Å². The van der Waals surface area contributed by atoms with Crippen molar-refractivity contribution in [2.24, 2.45) is 7.05 Å². The largest absolute Gasteiger partial charge is 0.491 e. The molecule has 6 heteroatoms. The first-order valence-electron chi connectivity index (χ1n) is 6.34. The van der Waals surface area contributed by atoms with Crippen LogP contribution in [-0.4, -0.2) is 34.1 Å². The molecule has 0 fully saturated rings. The fourth-order valence-corrected chi connectivity index (χ4v) is 1.82. The quantitative estimate of drug-likeness (QED) is 0.858. The molecule has 0 amide bonds. The summed E-state index contributed by atoms with van der Waals surface area (Å²) < 4.78 is 7.22. The van der Waals surface area contributed by atoms with Crippen LogP contribution in [0.5, 0.6) is 5.75 Å². The molecule has 2 aromatic rings. The molecule has 20 heavy (non-hydrogen) atoms. The molecule has 2 rings (SSSR count). The summed E-state index contributed by atoms with van der Waals surface area (Å²) in [6.07, 6.45) is 2.94. The summed E-state index contributed by atoms with van der Waals surface area (Å²) in [4.78, 5) is 0. The molecule has 1 unspecified atom stereocenters. The van der Waals surface area contributed by atoms with Crippen LogP contribution in [0, 0.1) is 6.92 Å². The highest BCUT2D eigenvalue weighted by molar-refractivity contribution is 6.31. The number of aromatic nitrogens is 2. The number of benzene rings is 1. The van der Waals surface area contributed by atoms with Gasteiger partial charge in [-0.1, -0.05) is 11.6 Å². The third-order valence-electron chi connectivity index (χ3n) is 2.82. The molecule has 0 radical (unpaired) electrons. The molecule has 0 aliphatic rings. The second-order valence-corrected chi connectivity index (χ2v) is 5.07. The first-order valence-corrected chi connectivity index (χ1v) is 6.72. The van der Waals surface area contributed by atoms with Crippen LogP contribution in [0.25, 0.3) is 0 Å². The van der Waals surface area contributed by atoms with E-state index in [-0.39, 0.29) is 6.61 Å². The number of ether oxygens (including phenoxy) is 1. The van der Waals surface area contributed by atoms with Crippen molar-refractivity contribution in [1.82, 2.24) is 9.78 Å². The Morgan fingerprint density at radius 3 is 2.95 bits per heavy atom. The Labute approximate surface area is 123 Å². The molecule has 1 heterocycles. The van der Waals surface area contributed by atoms with Crippen LogP contribution in [0.3, 0.4) is 0 Å². The number of hydrogen-bond acceptors (Lipinski definition) is 4. The molecular formula is C14H18ClN3O2. The van der Waals surface area contributed by atoms with Gasteiger partial charge in [-0.05, 0) is 30.7 Å². The standard InChI is InChI=1S/C14H18ClN3O2/c1-10-5-13(3-4-14(10)15)20-9-12(19)7-16-11-6-17-18(2)8-11/h3-6,8,12,16,19H,7,9H2,1-2H3. The van der Waals surface area contributed by atoms with E-state index in [0.717, 1.165) is 11.3 Å². The fraction of sp³-hybridized carbons (Fsp3) is 0.357. The Morgan fingerprint density at radius 2 is 2.30 bits per heavy atom. The second kappa shape index (κ2) is 6.63. The lowest BCUT2D eigenvalue weighted by molar-refractivity contribution is 0.117. The molecule has 108 valence electrons. The monoisotopic (exact) mass is 295 g/mol. The number of anilines is 1. The molecule has 1 atom stereocenters. The number of halogens is 1. The minimum Gasteiger partial charge on any atom is -0.491 e. The van der Waals surface area contributed by atoms with E-state index in [9.17, 15) is 5.11 Å². The van der Waals surface area contributed by atoms with Crippen molar-refractivity contribution in [3.63, 3.8) is 0 Å². The third kappa shape index (κ3) is 4.15. The molecule has 1 aromatic heterocycles. The zero-order valence-corrected chi connectivity index (χ0v) is 12.3. The highest BCUT2D eigenvalue weighted by atomic mass is 35.5. The first-order chi connectivity index (χ1) is 9.54. The van der Waals surface area contributed by atoms with Gasteiger partial charge in [0.1, 0.15) is 18.5 Å². The average Bonchev–Trinajstić information content (AvgIpc) is 2.83. The van der Waals surface area contributed by atoms with E-state index in [1.165, 1.54) is 0 Å². The van der Waals surface area contributed by atoms with Gasteiger partial charge in [0.05, 0.1) is 11.9 Å². The zero-order chi connectivity index (χ0) is 14.5. The smallest absolute Gasteiger partial charge is 0.119 e. The summed E-state index contributed by atoms with van der Waals surface area (Å²) in [7, 11) is 1.84. The highest BCUT2D eigenvalue weighted by Gasteiger charge is 2.06. The van der Waals surface area contributed by atoms with Crippen molar-refractivity contribution in [3.05, 3.63) is 41.2 Å². The third-order valence-corrected chi connectivity index (χ3v) is 3.24. The lowest BCUT2D eigenvalue weighted by atomic mass is 10.2. The van der Waals surface area contributed by atoms with Gasteiger partial charge in [0.15, 0.2) is 0 Å². The maximum atomic E-state index is 9.86. The molecule has 0 saturated carbocycles. The van der Waals surface area contributed by atoms with E-state index in [1.54, 1.807) is 23.0 Å². The number of rotatable bonds is 6. The lowest BCUT2D eigenvalue weighted by Crippen LogP contribution is -2.26. The van der Waals surface area contributed by atoms with Crippen LogP contribution < -0.4 is 10.1 Å². The summed E-state index contributed by atoms with van der Waals surface area (Å²) >= 11 is 5.94. The van der Waals surface area contributed by atoms with Gasteiger partial charge in [-0.2, -0.15) is 5.10 Å². The minimum absolute atomic E-state index is 0.217. The van der Waals surface area contributed by atoms with Crippen molar-refractivity contribution in [1.29, 1.82) is 0 Å². The second-order valence-electron chi connectivity index (χ2n) is 4.66. The van der Waals surface area contributed by atoms with Gasteiger partial charge < -0.3 is 15.2 Å². The van der Waals surface area contributed by atoms with Crippen LogP contribution in [-0.2, 0) is 7.05 Å². The van der Waals surface area contributed by atoms with E-state index in [2.05, 4.69) is 10.4 Å². The SMILES string of the molecule is Cc1cc(OCC(O)CNc2cnn(C)c2)ccc1Cl. The summed E-state index contributed by atoms with van der Waals surface area (Å²) in [6.45, 7) is 2.53. The molecule has 0 saturated heterocycles. The van der Waals surface area contributed by atoms with Crippen molar-refractivity contribution in [3.8, 4) is 5.75 Å². The first kappa shape index (κ1) is 14.7. The number of aliphatic hydroxyl groups is 1. The van der Waals surface area contributed by atoms with Crippen molar-refractivity contribution in [2.75, 3.05) is 18.5 Å². The Morgan fingerprint density at radius 1 is 1.50 bits per heavy atom. The molecule has 0 aliphatic carbocycles. The summed E-state index contributed by atoms with van der Waals surface area (Å²) in [5, 5.41) is 17.7. The number of nitrogens with zero attached hydrogens (tertiary/aromatic N) is 2. The molecule has 1 aromatic carbocycles. The number of aryl methyl sites for hydroxylation is 2. The predicted molar refractivity (Wildman–Crippen MR) is 79.4 cm³/mol. The number of hydrogen-bond donors (Lipinski definition) is 2.